The molecular formula is C34H38F4N6O5S. The van der Waals surface area contributed by atoms with Crippen molar-refractivity contribution in [1.29, 1.82) is 0 Å². The number of ketones is 1. The first kappa shape index (κ1) is 33.5. The maximum atomic E-state index is 16.1. The normalized spacial score (nSPS) is 35.3. The fourth-order valence-corrected chi connectivity index (χ4v) is 11.6. The molecule has 3 N–H and O–H groups in total. The predicted octanol–water partition coefficient (Wildman–Crippen LogP) is 3.62. The molecule has 0 aromatic carbocycles. The molecular weight excluding hydrogens is 680 g/mol. The van der Waals surface area contributed by atoms with Gasteiger partial charge < -0.3 is 20.9 Å². The van der Waals surface area contributed by atoms with E-state index in [-0.39, 0.29) is 54.4 Å². The topological polar surface area (TPSA) is 150 Å². The number of hydrogen-bond acceptors (Lipinski definition) is 8. The average Bonchev–Trinajstić information content (AvgIpc) is 3.85. The van der Waals surface area contributed by atoms with Gasteiger partial charge in [-0.05, 0) is 101 Å². The standard InChI is InChI=1S/C34H38F4N6O5S/c35-33-13-16-8-17(14-33)12-32(11-16,15-33)25(43-31(49)34(36,37)38)30(48)44-20-4-3-18(9-20)23(44)27(47)41-22(10-19-5-7-39-26(19)46)24(45)29-42-21-2-1-6-40-28(21)50-29/h1-2,6,16-20,22-23,25H,3-5,7-15H2,(H,39,46)(H,41,47)(H,43,49)/t16?,17?,18-,19-,20+,22-,23-,25+,32?,33?/m0/s1. The van der Waals surface area contributed by atoms with Crippen LogP contribution in [0.15, 0.2) is 18.3 Å². The summed E-state index contributed by atoms with van der Waals surface area (Å²) in [4.78, 5) is 78.5. The van der Waals surface area contributed by atoms with Gasteiger partial charge >= 0.3 is 12.1 Å². The van der Waals surface area contributed by atoms with E-state index in [2.05, 4.69) is 20.6 Å². The number of thiazole rings is 1. The van der Waals surface area contributed by atoms with E-state index in [9.17, 15) is 37.1 Å². The first-order valence-corrected chi connectivity index (χ1v) is 18.3. The minimum atomic E-state index is -5.27. The maximum absolute atomic E-state index is 16.1. The maximum Gasteiger partial charge on any atom is 0.471 e. The minimum absolute atomic E-state index is 0.0107. The second-order valence-electron chi connectivity index (χ2n) is 15.6. The second kappa shape index (κ2) is 11.9. The van der Waals surface area contributed by atoms with Crippen molar-refractivity contribution in [2.45, 2.75) is 107 Å². The number of aromatic nitrogens is 2. The largest absolute Gasteiger partial charge is 0.471 e. The zero-order chi connectivity index (χ0) is 35.2. The summed E-state index contributed by atoms with van der Waals surface area (Å²) in [6, 6.07) is -1.04. The molecule has 0 spiro atoms. The first-order valence-electron chi connectivity index (χ1n) is 17.4. The molecule has 11 nitrogen and oxygen atoms in total. The van der Waals surface area contributed by atoms with Crippen molar-refractivity contribution < 1.29 is 41.5 Å². The highest BCUT2D eigenvalue weighted by molar-refractivity contribution is 7.19. The Labute approximate surface area is 288 Å². The quantitative estimate of drug-likeness (QED) is 0.265. The summed E-state index contributed by atoms with van der Waals surface area (Å²) in [6.45, 7) is 0.423. The van der Waals surface area contributed by atoms with E-state index in [1.165, 1.54) is 4.90 Å². The molecule has 2 aliphatic heterocycles. The van der Waals surface area contributed by atoms with Crippen LogP contribution in [0.4, 0.5) is 17.6 Å². The van der Waals surface area contributed by atoms with Crippen LogP contribution in [0.5, 0.6) is 0 Å². The number of nitrogens with zero attached hydrogens (tertiary/aromatic N) is 3. The van der Waals surface area contributed by atoms with E-state index in [1.54, 1.807) is 18.3 Å². The summed E-state index contributed by atoms with van der Waals surface area (Å²) in [7, 11) is 0. The number of halogens is 4. The van der Waals surface area contributed by atoms with Crippen molar-refractivity contribution in [3.05, 3.63) is 23.3 Å². The summed E-state index contributed by atoms with van der Waals surface area (Å²) < 4.78 is 57.3. The zero-order valence-corrected chi connectivity index (χ0v) is 28.0. The van der Waals surface area contributed by atoms with E-state index in [4.69, 9.17) is 0 Å². The molecule has 2 aromatic rings. The highest BCUT2D eigenvalue weighted by Gasteiger charge is 2.65. The summed E-state index contributed by atoms with van der Waals surface area (Å²) in [5.74, 6) is -5.59. The Morgan fingerprint density at radius 1 is 1.06 bits per heavy atom. The zero-order valence-electron chi connectivity index (χ0n) is 27.1. The Morgan fingerprint density at radius 2 is 1.82 bits per heavy atom. The van der Waals surface area contributed by atoms with Gasteiger partial charge in [0.15, 0.2) is 5.01 Å². The van der Waals surface area contributed by atoms with E-state index in [1.807, 2.05) is 5.32 Å². The van der Waals surface area contributed by atoms with Crippen LogP contribution >= 0.6 is 11.3 Å². The van der Waals surface area contributed by atoms with Crippen molar-refractivity contribution in [1.82, 2.24) is 30.8 Å². The number of hydrogen-bond donors (Lipinski definition) is 3. The monoisotopic (exact) mass is 718 g/mol. The molecule has 5 saturated carbocycles. The third-order valence-electron chi connectivity index (χ3n) is 12.2. The number of piperidine rings is 1. The molecule has 4 amide bonds. The number of likely N-dealkylation sites (tertiary alicyclic amines) is 1. The van der Waals surface area contributed by atoms with Crippen molar-refractivity contribution >= 4 is 51.1 Å². The van der Waals surface area contributed by atoms with Gasteiger partial charge in [0.05, 0.1) is 6.04 Å². The number of fused-ring (bicyclic) bond motifs is 3. The number of nitrogens with one attached hydrogen (secondary N) is 3. The number of Topliss-reactive ketones (excluding diaryl/α,β-unsaturated/α-hetero) is 1. The molecule has 9 rings (SSSR count). The molecule has 2 aromatic heterocycles. The number of rotatable bonds is 9. The average molecular weight is 719 g/mol. The van der Waals surface area contributed by atoms with Gasteiger partial charge in [-0.2, -0.15) is 13.2 Å². The number of amides is 4. The van der Waals surface area contributed by atoms with Gasteiger partial charge in [0, 0.05) is 30.1 Å². The smallest absolute Gasteiger partial charge is 0.356 e. The Morgan fingerprint density at radius 3 is 2.48 bits per heavy atom. The summed E-state index contributed by atoms with van der Waals surface area (Å²) in [5, 5.41) is 7.67. The van der Waals surface area contributed by atoms with Crippen LogP contribution in [-0.2, 0) is 19.2 Å². The lowest BCUT2D eigenvalue weighted by atomic mass is 9.46. The highest BCUT2D eigenvalue weighted by Crippen LogP contribution is 2.64. The molecule has 50 heavy (non-hydrogen) atoms. The summed E-state index contributed by atoms with van der Waals surface area (Å²) in [6.07, 6.45) is 0.110. The fraction of sp³-hybridized carbons (Fsp3) is 0.676. The van der Waals surface area contributed by atoms with Gasteiger partial charge in [-0.1, -0.05) is 11.3 Å². The van der Waals surface area contributed by atoms with E-state index in [0.29, 0.717) is 55.4 Å². The summed E-state index contributed by atoms with van der Waals surface area (Å²) >= 11 is 1.06. The molecule has 7 fully saturated rings. The number of carbonyl (C=O) groups excluding carboxylic acids is 5. The summed E-state index contributed by atoms with van der Waals surface area (Å²) in [5.41, 5.74) is -2.33. The van der Waals surface area contributed by atoms with Gasteiger partial charge in [0.25, 0.3) is 0 Å². The molecule has 7 aliphatic rings. The Hall–Kier alpha value is -3.69. The molecule has 5 aliphatic carbocycles. The lowest BCUT2D eigenvalue weighted by Crippen LogP contribution is -2.68. The van der Waals surface area contributed by atoms with Crippen LogP contribution in [0, 0.1) is 29.1 Å². The van der Waals surface area contributed by atoms with Crippen LogP contribution < -0.4 is 16.0 Å². The number of alkyl halides is 4. The van der Waals surface area contributed by atoms with Crippen molar-refractivity contribution in [2.24, 2.45) is 29.1 Å². The molecule has 4 heterocycles. The molecule has 16 heteroatoms. The fourth-order valence-electron chi connectivity index (χ4n) is 10.7. The lowest BCUT2D eigenvalue weighted by Gasteiger charge is -2.61. The van der Waals surface area contributed by atoms with E-state index in [0.717, 1.165) is 17.8 Å². The first-order chi connectivity index (χ1) is 23.7. The number of pyridine rings is 1. The van der Waals surface area contributed by atoms with Gasteiger partial charge in [0.1, 0.15) is 28.1 Å². The molecule has 268 valence electrons. The van der Waals surface area contributed by atoms with Crippen molar-refractivity contribution in [2.75, 3.05) is 6.54 Å². The minimum Gasteiger partial charge on any atom is -0.356 e. The molecule has 2 unspecified atom stereocenters. The number of carbonyl (C=O) groups is 5. The molecule has 2 saturated heterocycles. The van der Waals surface area contributed by atoms with Crippen molar-refractivity contribution in [3.63, 3.8) is 0 Å². The van der Waals surface area contributed by atoms with Gasteiger partial charge in [-0.25, -0.2) is 14.4 Å². The van der Waals surface area contributed by atoms with E-state index < -0.39 is 70.9 Å². The van der Waals surface area contributed by atoms with Gasteiger partial charge in [0.2, 0.25) is 23.5 Å². The SMILES string of the molecule is O=C1NCC[C@H]1C[C@H](NC(=O)[C@@H]1[C@H]2CC[C@H](C2)N1C(=O)[C@@H](NC(=O)C(F)(F)F)C12CC3CC(CC(F)(C3)C1)C2)C(=O)c1nc2cccnc2s1. The predicted molar refractivity (Wildman–Crippen MR) is 170 cm³/mol. The highest BCUT2D eigenvalue weighted by atomic mass is 32.1. The van der Waals surface area contributed by atoms with Crippen LogP contribution in [0.3, 0.4) is 0 Å². The lowest BCUT2D eigenvalue weighted by molar-refractivity contribution is -0.183. The second-order valence-corrected chi connectivity index (χ2v) is 16.6. The van der Waals surface area contributed by atoms with Gasteiger partial charge in [-0.3, -0.25) is 24.0 Å². The van der Waals surface area contributed by atoms with Gasteiger partial charge in [-0.15, -0.1) is 0 Å². The third kappa shape index (κ3) is 5.74. The Balaban J connectivity index is 1.10. The third-order valence-corrected chi connectivity index (χ3v) is 13.2. The van der Waals surface area contributed by atoms with Crippen LogP contribution in [0.2, 0.25) is 0 Å². The van der Waals surface area contributed by atoms with Crippen molar-refractivity contribution in [3.8, 4) is 0 Å². The van der Waals surface area contributed by atoms with E-state index >= 15 is 4.39 Å². The van der Waals surface area contributed by atoms with Crippen LogP contribution in [0.1, 0.15) is 80.4 Å². The Kier molecular flexibility index (Phi) is 7.99. The molecule has 8 atom stereocenters. The van der Waals surface area contributed by atoms with Crippen LogP contribution in [-0.4, -0.2) is 86.8 Å². The molecule has 0 radical (unpaired) electrons. The van der Waals surface area contributed by atoms with Crippen LogP contribution in [0.25, 0.3) is 10.3 Å². The Bertz CT molecular complexity index is 1720. The molecule has 6 bridgehead atoms.